The SMILES string of the molecule is C[C@@H](c1nc(C2CC2)nn1-c1ccc(C#N)cn1)N(C(=O)O)C(C)(C)C. The van der Waals surface area contributed by atoms with Crippen molar-refractivity contribution >= 4 is 6.09 Å². The van der Waals surface area contributed by atoms with E-state index < -0.39 is 17.7 Å². The molecule has 1 N–H and O–H groups in total. The summed E-state index contributed by atoms with van der Waals surface area (Å²) in [6.07, 6.45) is 2.54. The highest BCUT2D eigenvalue weighted by Crippen LogP contribution is 2.39. The molecule has 2 aromatic heterocycles. The van der Waals surface area contributed by atoms with Gasteiger partial charge in [0.05, 0.1) is 11.6 Å². The molecule has 1 atom stereocenters. The molecule has 0 radical (unpaired) electrons. The molecule has 0 aliphatic heterocycles. The fourth-order valence-electron chi connectivity index (χ4n) is 3.02. The lowest BCUT2D eigenvalue weighted by molar-refractivity contribution is 0.0720. The van der Waals surface area contributed by atoms with Crippen molar-refractivity contribution in [3.8, 4) is 11.9 Å². The van der Waals surface area contributed by atoms with Gasteiger partial charge in [0.25, 0.3) is 0 Å². The van der Waals surface area contributed by atoms with Crippen LogP contribution in [-0.4, -0.2) is 41.4 Å². The highest BCUT2D eigenvalue weighted by Gasteiger charge is 2.36. The normalized spacial score (nSPS) is 15.3. The maximum Gasteiger partial charge on any atom is 0.408 e. The predicted molar refractivity (Wildman–Crippen MR) is 93.9 cm³/mol. The van der Waals surface area contributed by atoms with Crippen molar-refractivity contribution in [1.29, 1.82) is 5.26 Å². The Morgan fingerprint density at radius 3 is 2.58 bits per heavy atom. The lowest BCUT2D eigenvalue weighted by atomic mass is 10.0. The fraction of sp³-hybridized carbons (Fsp3) is 0.500. The van der Waals surface area contributed by atoms with Crippen LogP contribution in [0, 0.1) is 11.3 Å². The Morgan fingerprint density at radius 2 is 2.12 bits per heavy atom. The summed E-state index contributed by atoms with van der Waals surface area (Å²) in [6.45, 7) is 7.35. The van der Waals surface area contributed by atoms with E-state index in [-0.39, 0.29) is 0 Å². The Kier molecular flexibility index (Phi) is 4.40. The number of carbonyl (C=O) groups is 1. The summed E-state index contributed by atoms with van der Waals surface area (Å²) in [5.41, 5.74) is -0.146. The zero-order chi connectivity index (χ0) is 19.1. The molecule has 0 aromatic carbocycles. The molecular formula is C18H22N6O2. The summed E-state index contributed by atoms with van der Waals surface area (Å²) in [5, 5.41) is 23.3. The minimum Gasteiger partial charge on any atom is -0.465 e. The molecule has 2 heterocycles. The lowest BCUT2D eigenvalue weighted by Gasteiger charge is -2.37. The first-order valence-corrected chi connectivity index (χ1v) is 8.58. The van der Waals surface area contributed by atoms with E-state index in [0.717, 1.165) is 18.7 Å². The van der Waals surface area contributed by atoms with Gasteiger partial charge in [-0.15, -0.1) is 5.10 Å². The molecule has 0 saturated heterocycles. The molecule has 1 fully saturated rings. The zero-order valence-electron chi connectivity index (χ0n) is 15.3. The van der Waals surface area contributed by atoms with E-state index in [9.17, 15) is 9.90 Å². The molecule has 1 aliphatic rings. The molecule has 3 rings (SSSR count). The van der Waals surface area contributed by atoms with Gasteiger partial charge >= 0.3 is 6.09 Å². The Balaban J connectivity index is 2.07. The van der Waals surface area contributed by atoms with E-state index in [1.165, 1.54) is 11.1 Å². The predicted octanol–water partition coefficient (Wildman–Crippen LogP) is 3.25. The van der Waals surface area contributed by atoms with Gasteiger partial charge < -0.3 is 5.11 Å². The number of aromatic nitrogens is 4. The van der Waals surface area contributed by atoms with E-state index in [1.54, 1.807) is 23.7 Å². The molecule has 0 unspecified atom stereocenters. The summed E-state index contributed by atoms with van der Waals surface area (Å²) in [5.74, 6) is 2.09. The third kappa shape index (κ3) is 3.38. The molecule has 0 spiro atoms. The maximum atomic E-state index is 11.9. The maximum absolute atomic E-state index is 11.9. The van der Waals surface area contributed by atoms with E-state index in [1.807, 2.05) is 26.8 Å². The smallest absolute Gasteiger partial charge is 0.408 e. The van der Waals surface area contributed by atoms with E-state index in [2.05, 4.69) is 15.1 Å². The molecule has 8 nitrogen and oxygen atoms in total. The van der Waals surface area contributed by atoms with Gasteiger partial charge in [-0.25, -0.2) is 14.8 Å². The molecule has 26 heavy (non-hydrogen) atoms. The van der Waals surface area contributed by atoms with Crippen molar-refractivity contribution in [2.75, 3.05) is 0 Å². The quantitative estimate of drug-likeness (QED) is 0.903. The van der Waals surface area contributed by atoms with Crippen LogP contribution < -0.4 is 0 Å². The monoisotopic (exact) mass is 354 g/mol. The van der Waals surface area contributed by atoms with Crippen molar-refractivity contribution in [1.82, 2.24) is 24.6 Å². The summed E-state index contributed by atoms with van der Waals surface area (Å²) < 4.78 is 1.60. The molecule has 1 aliphatic carbocycles. The van der Waals surface area contributed by atoms with Gasteiger partial charge in [-0.3, -0.25) is 4.90 Å². The minimum absolute atomic E-state index is 0.327. The van der Waals surface area contributed by atoms with Gasteiger partial charge in [-0.05, 0) is 52.7 Å². The number of nitrogens with zero attached hydrogens (tertiary/aromatic N) is 6. The van der Waals surface area contributed by atoms with Crippen LogP contribution in [0.3, 0.4) is 0 Å². The number of hydrogen-bond donors (Lipinski definition) is 1. The summed E-state index contributed by atoms with van der Waals surface area (Å²) in [7, 11) is 0. The van der Waals surface area contributed by atoms with Crippen LogP contribution in [0.25, 0.3) is 5.82 Å². The number of pyridine rings is 1. The largest absolute Gasteiger partial charge is 0.465 e. The molecule has 1 amide bonds. The van der Waals surface area contributed by atoms with Crippen LogP contribution in [0.2, 0.25) is 0 Å². The third-order valence-electron chi connectivity index (χ3n) is 4.37. The van der Waals surface area contributed by atoms with Gasteiger partial charge in [0.2, 0.25) is 0 Å². The Bertz CT molecular complexity index is 855. The van der Waals surface area contributed by atoms with Crippen LogP contribution in [0.1, 0.15) is 69.7 Å². The first-order chi connectivity index (χ1) is 12.2. The molecule has 8 heteroatoms. The van der Waals surface area contributed by atoms with Crippen molar-refractivity contribution < 1.29 is 9.90 Å². The summed E-state index contributed by atoms with van der Waals surface area (Å²) in [6, 6.07) is 4.88. The van der Waals surface area contributed by atoms with Gasteiger partial charge in [-0.2, -0.15) is 9.94 Å². The Labute approximate surface area is 152 Å². The van der Waals surface area contributed by atoms with Crippen molar-refractivity contribution in [2.45, 2.75) is 58.0 Å². The third-order valence-corrected chi connectivity index (χ3v) is 4.37. The van der Waals surface area contributed by atoms with Gasteiger partial charge in [0.1, 0.15) is 6.07 Å². The number of nitriles is 1. The lowest BCUT2D eigenvalue weighted by Crippen LogP contribution is -2.47. The highest BCUT2D eigenvalue weighted by atomic mass is 16.4. The Morgan fingerprint density at radius 1 is 1.42 bits per heavy atom. The first kappa shape index (κ1) is 17.9. The second-order valence-corrected chi connectivity index (χ2v) is 7.53. The van der Waals surface area contributed by atoms with E-state index >= 15 is 0 Å². The standard InChI is InChI=1S/C18H22N6O2/c1-11(23(17(25)26)18(2,3)4)16-21-15(13-6-7-13)22-24(16)14-8-5-12(9-19)10-20-14/h5,8,10-11,13H,6-7H2,1-4H3,(H,25,26)/t11-/m0/s1. The van der Waals surface area contributed by atoms with Gasteiger partial charge in [-0.1, -0.05) is 0 Å². The van der Waals surface area contributed by atoms with Crippen LogP contribution in [-0.2, 0) is 0 Å². The number of hydrogen-bond acceptors (Lipinski definition) is 5. The van der Waals surface area contributed by atoms with Gasteiger partial charge in [0.15, 0.2) is 17.5 Å². The first-order valence-electron chi connectivity index (χ1n) is 8.58. The van der Waals surface area contributed by atoms with Crippen LogP contribution in [0.5, 0.6) is 0 Å². The Hall–Kier alpha value is -2.95. The fourth-order valence-corrected chi connectivity index (χ4v) is 3.02. The molecule has 2 aromatic rings. The number of rotatable bonds is 4. The molecule has 0 bridgehead atoms. The van der Waals surface area contributed by atoms with Crippen molar-refractivity contribution in [3.63, 3.8) is 0 Å². The number of amides is 1. The summed E-state index contributed by atoms with van der Waals surface area (Å²) >= 11 is 0. The second-order valence-electron chi connectivity index (χ2n) is 7.53. The van der Waals surface area contributed by atoms with Crippen LogP contribution in [0.4, 0.5) is 4.79 Å². The average molecular weight is 354 g/mol. The van der Waals surface area contributed by atoms with Crippen LogP contribution in [0.15, 0.2) is 18.3 Å². The average Bonchev–Trinajstić information content (AvgIpc) is 3.32. The molecule has 136 valence electrons. The van der Waals surface area contributed by atoms with Crippen molar-refractivity contribution in [3.05, 3.63) is 35.5 Å². The van der Waals surface area contributed by atoms with Crippen molar-refractivity contribution in [2.24, 2.45) is 0 Å². The molecular weight excluding hydrogens is 332 g/mol. The highest BCUT2D eigenvalue weighted by molar-refractivity contribution is 5.66. The number of carboxylic acid groups (broad SMARTS) is 1. The topological polar surface area (TPSA) is 108 Å². The van der Waals surface area contributed by atoms with Crippen LogP contribution >= 0.6 is 0 Å². The van der Waals surface area contributed by atoms with E-state index in [0.29, 0.717) is 23.1 Å². The van der Waals surface area contributed by atoms with E-state index in [4.69, 9.17) is 5.26 Å². The van der Waals surface area contributed by atoms with Gasteiger partial charge in [0, 0.05) is 17.7 Å². The zero-order valence-corrected chi connectivity index (χ0v) is 15.3. The summed E-state index contributed by atoms with van der Waals surface area (Å²) in [4.78, 5) is 22.2. The second kappa shape index (κ2) is 6.41. The molecule has 1 saturated carbocycles. The minimum atomic E-state index is -1.01.